The van der Waals surface area contributed by atoms with E-state index in [0.29, 0.717) is 23.6 Å². The van der Waals surface area contributed by atoms with E-state index in [1.165, 1.54) is 13.3 Å². The molecule has 4 rings (SSSR count). The number of anilines is 4. The number of carbonyl (C=O) groups is 1. The number of nitrogens with one attached hydrogen (secondary N) is 1. The topological polar surface area (TPSA) is 171 Å². The Morgan fingerprint density at radius 1 is 1.19 bits per heavy atom. The van der Waals surface area contributed by atoms with Crippen molar-refractivity contribution in [1.29, 1.82) is 0 Å². The summed E-state index contributed by atoms with van der Waals surface area (Å²) in [5.74, 6) is -0.131. The molecule has 0 unspecified atom stereocenters. The van der Waals surface area contributed by atoms with Gasteiger partial charge in [0, 0.05) is 25.3 Å². The molecule has 3 aromatic rings. The SMILES string of the molecule is COc1nc(-c2ccc(N)c(C(=O)Nc3cnccc3N3CCC[C@H](N)C3)n2)cnc1N. The number of piperidine rings is 1. The van der Waals surface area contributed by atoms with Crippen molar-refractivity contribution in [2.45, 2.75) is 18.9 Å². The second-order valence-electron chi connectivity index (χ2n) is 7.48. The Bertz CT molecular complexity index is 1140. The molecule has 166 valence electrons. The maximum atomic E-state index is 13.1. The molecule has 0 aliphatic carbocycles. The number of rotatable bonds is 5. The molecule has 7 N–H and O–H groups in total. The molecular weight excluding hydrogens is 410 g/mol. The summed E-state index contributed by atoms with van der Waals surface area (Å²) in [6, 6.07) is 5.19. The Balaban J connectivity index is 1.62. The van der Waals surface area contributed by atoms with Crippen LogP contribution in [-0.4, -0.2) is 52.1 Å². The minimum Gasteiger partial charge on any atom is -0.478 e. The molecule has 1 aliphatic rings. The van der Waals surface area contributed by atoms with Gasteiger partial charge in [0.2, 0.25) is 0 Å². The van der Waals surface area contributed by atoms with Crippen LogP contribution in [-0.2, 0) is 0 Å². The molecule has 1 saturated heterocycles. The smallest absolute Gasteiger partial charge is 0.276 e. The second-order valence-corrected chi connectivity index (χ2v) is 7.48. The lowest BCUT2D eigenvalue weighted by atomic mass is 10.1. The number of nitrogens with zero attached hydrogens (tertiary/aromatic N) is 5. The molecule has 0 radical (unpaired) electrons. The molecule has 0 aromatic carbocycles. The summed E-state index contributed by atoms with van der Waals surface area (Å²) in [6.45, 7) is 1.56. The summed E-state index contributed by atoms with van der Waals surface area (Å²) < 4.78 is 5.12. The molecule has 0 spiro atoms. The first-order valence-electron chi connectivity index (χ1n) is 10.2. The van der Waals surface area contributed by atoms with Crippen LogP contribution in [0, 0.1) is 0 Å². The number of ether oxygens (including phenoxy) is 1. The van der Waals surface area contributed by atoms with E-state index in [1.54, 1.807) is 24.5 Å². The quantitative estimate of drug-likeness (QED) is 0.457. The van der Waals surface area contributed by atoms with Crippen molar-refractivity contribution in [3.05, 3.63) is 42.5 Å². The third-order valence-electron chi connectivity index (χ3n) is 5.21. The average Bonchev–Trinajstić information content (AvgIpc) is 2.80. The lowest BCUT2D eigenvalue weighted by Crippen LogP contribution is -2.43. The van der Waals surface area contributed by atoms with Crippen molar-refractivity contribution in [3.8, 4) is 17.3 Å². The molecule has 11 nitrogen and oxygen atoms in total. The Hall–Kier alpha value is -3.99. The van der Waals surface area contributed by atoms with E-state index in [1.807, 2.05) is 6.07 Å². The summed E-state index contributed by atoms with van der Waals surface area (Å²) in [5, 5.41) is 2.88. The second kappa shape index (κ2) is 9.02. The molecule has 1 fully saturated rings. The van der Waals surface area contributed by atoms with Crippen molar-refractivity contribution in [1.82, 2.24) is 19.9 Å². The highest BCUT2D eigenvalue weighted by Gasteiger charge is 2.22. The van der Waals surface area contributed by atoms with Gasteiger partial charge in [-0.25, -0.2) is 15.0 Å². The number of nitrogen functional groups attached to an aromatic ring is 2. The Kier molecular flexibility index (Phi) is 5.99. The number of nitrogens with two attached hydrogens (primary N) is 3. The molecule has 0 saturated carbocycles. The highest BCUT2D eigenvalue weighted by Crippen LogP contribution is 2.28. The lowest BCUT2D eigenvalue weighted by Gasteiger charge is -2.33. The fourth-order valence-corrected chi connectivity index (χ4v) is 3.62. The van der Waals surface area contributed by atoms with Gasteiger partial charge in [0.25, 0.3) is 11.8 Å². The minimum absolute atomic E-state index is 0.0604. The fourth-order valence-electron chi connectivity index (χ4n) is 3.62. The first kappa shape index (κ1) is 21.2. The van der Waals surface area contributed by atoms with Crippen LogP contribution < -0.4 is 32.2 Å². The molecule has 1 atom stereocenters. The first-order chi connectivity index (χ1) is 15.5. The monoisotopic (exact) mass is 435 g/mol. The van der Waals surface area contributed by atoms with Crippen molar-refractivity contribution < 1.29 is 9.53 Å². The largest absolute Gasteiger partial charge is 0.478 e. The predicted molar refractivity (Wildman–Crippen MR) is 122 cm³/mol. The van der Waals surface area contributed by atoms with Gasteiger partial charge in [-0.05, 0) is 31.0 Å². The normalized spacial score (nSPS) is 15.9. The molecule has 11 heteroatoms. The van der Waals surface area contributed by atoms with Crippen molar-refractivity contribution in [2.75, 3.05) is 41.9 Å². The summed E-state index contributed by atoms with van der Waals surface area (Å²) >= 11 is 0. The fraction of sp³-hybridized carbons (Fsp3) is 0.286. The maximum absolute atomic E-state index is 13.1. The number of carbonyl (C=O) groups excluding carboxylic acids is 1. The van der Waals surface area contributed by atoms with Gasteiger partial charge in [0.05, 0.1) is 42.3 Å². The Morgan fingerprint density at radius 2 is 2.03 bits per heavy atom. The minimum atomic E-state index is -0.463. The third kappa shape index (κ3) is 4.37. The van der Waals surface area contributed by atoms with Crippen molar-refractivity contribution in [3.63, 3.8) is 0 Å². The van der Waals surface area contributed by atoms with Crippen LogP contribution in [0.3, 0.4) is 0 Å². The number of hydrogen-bond acceptors (Lipinski definition) is 10. The van der Waals surface area contributed by atoms with Crippen LogP contribution in [0.2, 0.25) is 0 Å². The number of pyridine rings is 2. The van der Waals surface area contributed by atoms with Gasteiger partial charge < -0.3 is 32.2 Å². The van der Waals surface area contributed by atoms with Gasteiger partial charge >= 0.3 is 0 Å². The van der Waals surface area contributed by atoms with Crippen molar-refractivity contribution >= 4 is 28.8 Å². The van der Waals surface area contributed by atoms with Gasteiger partial charge in [0.15, 0.2) is 11.5 Å². The summed E-state index contributed by atoms with van der Waals surface area (Å²) in [6.07, 6.45) is 6.71. The van der Waals surface area contributed by atoms with Crippen LogP contribution in [0.25, 0.3) is 11.4 Å². The van der Waals surface area contributed by atoms with Gasteiger partial charge in [-0.1, -0.05) is 0 Å². The Labute approximate surface area is 185 Å². The number of aromatic nitrogens is 4. The van der Waals surface area contributed by atoms with Crippen molar-refractivity contribution in [2.24, 2.45) is 5.73 Å². The third-order valence-corrected chi connectivity index (χ3v) is 5.21. The zero-order valence-corrected chi connectivity index (χ0v) is 17.7. The number of amides is 1. The standard InChI is InChI=1S/C21H25N9O2/c1-32-21-19(24)26-10-15(29-21)14-5-4-13(23)18(27-14)20(31)28-16-9-25-7-6-17(16)30-8-2-3-12(22)11-30/h4-7,9-10,12H,2-3,8,11,22-23H2,1H3,(H2,24,26)(H,28,31)/t12-/m0/s1. The van der Waals surface area contributed by atoms with E-state index >= 15 is 0 Å². The molecule has 1 aliphatic heterocycles. The Morgan fingerprint density at radius 3 is 2.81 bits per heavy atom. The number of hydrogen-bond donors (Lipinski definition) is 4. The summed E-state index contributed by atoms with van der Waals surface area (Å²) in [7, 11) is 1.44. The zero-order valence-electron chi connectivity index (χ0n) is 17.7. The zero-order chi connectivity index (χ0) is 22.7. The van der Waals surface area contributed by atoms with Gasteiger partial charge in [-0.15, -0.1) is 0 Å². The number of methoxy groups -OCH3 is 1. The van der Waals surface area contributed by atoms with E-state index in [-0.39, 0.29) is 29.1 Å². The van der Waals surface area contributed by atoms with Gasteiger partial charge in [-0.2, -0.15) is 0 Å². The lowest BCUT2D eigenvalue weighted by molar-refractivity contribution is 0.102. The van der Waals surface area contributed by atoms with Crippen LogP contribution in [0.15, 0.2) is 36.8 Å². The average molecular weight is 435 g/mol. The highest BCUT2D eigenvalue weighted by atomic mass is 16.5. The van der Waals surface area contributed by atoms with Crippen LogP contribution >= 0.6 is 0 Å². The molecule has 1 amide bonds. The van der Waals surface area contributed by atoms with Crippen LogP contribution in [0.4, 0.5) is 22.9 Å². The molecule has 32 heavy (non-hydrogen) atoms. The summed E-state index contributed by atoms with van der Waals surface area (Å²) in [4.78, 5) is 32.1. The van der Waals surface area contributed by atoms with E-state index in [9.17, 15) is 4.79 Å². The van der Waals surface area contributed by atoms with Crippen LogP contribution in [0.5, 0.6) is 5.88 Å². The van der Waals surface area contributed by atoms with E-state index < -0.39 is 5.91 Å². The predicted octanol–water partition coefficient (Wildman–Crippen LogP) is 1.29. The molecule has 3 aromatic heterocycles. The van der Waals surface area contributed by atoms with E-state index in [2.05, 4.69) is 30.2 Å². The first-order valence-corrected chi connectivity index (χ1v) is 10.2. The molecule has 4 heterocycles. The maximum Gasteiger partial charge on any atom is 0.276 e. The van der Waals surface area contributed by atoms with E-state index in [4.69, 9.17) is 21.9 Å². The summed E-state index contributed by atoms with van der Waals surface area (Å²) in [5.41, 5.74) is 20.4. The van der Waals surface area contributed by atoms with Crippen LogP contribution in [0.1, 0.15) is 23.3 Å². The molecule has 0 bridgehead atoms. The highest BCUT2D eigenvalue weighted by molar-refractivity contribution is 6.07. The van der Waals surface area contributed by atoms with Gasteiger partial charge in [-0.3, -0.25) is 9.78 Å². The van der Waals surface area contributed by atoms with Gasteiger partial charge in [0.1, 0.15) is 5.69 Å². The molecular formula is C21H25N9O2. The van der Waals surface area contributed by atoms with E-state index in [0.717, 1.165) is 25.1 Å².